The van der Waals surface area contributed by atoms with Crippen LogP contribution in [0.3, 0.4) is 0 Å². The first-order valence-electron chi connectivity index (χ1n) is 5.75. The highest BCUT2D eigenvalue weighted by Crippen LogP contribution is 2.18. The lowest BCUT2D eigenvalue weighted by molar-refractivity contribution is 0.599. The van der Waals surface area contributed by atoms with E-state index < -0.39 is 0 Å². The first-order chi connectivity index (χ1) is 8.56. The standard InChI is InChI=1S/C13H15ClFN3/c1-9(16)5-11-7-18(8-17-11)6-10-3-2-4-12(14)13(10)15/h2-4,7-9H,5-6,16H2,1H3/t9-/m1/s1. The Bertz CT molecular complexity index is 537. The highest BCUT2D eigenvalue weighted by Gasteiger charge is 2.08. The molecule has 0 radical (unpaired) electrons. The van der Waals surface area contributed by atoms with Crippen LogP contribution in [-0.2, 0) is 13.0 Å². The van der Waals surface area contributed by atoms with E-state index in [1.807, 2.05) is 17.7 Å². The Morgan fingerprint density at radius 2 is 2.28 bits per heavy atom. The van der Waals surface area contributed by atoms with E-state index in [9.17, 15) is 4.39 Å². The minimum atomic E-state index is -0.374. The molecule has 5 heteroatoms. The fourth-order valence-electron chi connectivity index (χ4n) is 1.80. The molecule has 1 aromatic carbocycles. The van der Waals surface area contributed by atoms with E-state index in [4.69, 9.17) is 17.3 Å². The number of benzene rings is 1. The Kier molecular flexibility index (Phi) is 3.99. The van der Waals surface area contributed by atoms with Gasteiger partial charge in [-0.15, -0.1) is 0 Å². The second kappa shape index (κ2) is 5.50. The maximum absolute atomic E-state index is 13.7. The molecule has 1 heterocycles. The van der Waals surface area contributed by atoms with Gasteiger partial charge in [0.15, 0.2) is 0 Å². The molecule has 2 aromatic rings. The molecular formula is C13H15ClFN3. The van der Waals surface area contributed by atoms with Crippen LogP contribution in [0.25, 0.3) is 0 Å². The van der Waals surface area contributed by atoms with Crippen molar-refractivity contribution in [1.29, 1.82) is 0 Å². The molecule has 0 saturated carbocycles. The van der Waals surface area contributed by atoms with E-state index in [2.05, 4.69) is 4.98 Å². The minimum Gasteiger partial charge on any atom is -0.333 e. The summed E-state index contributed by atoms with van der Waals surface area (Å²) >= 11 is 5.74. The molecule has 2 N–H and O–H groups in total. The molecule has 0 aliphatic carbocycles. The fraction of sp³-hybridized carbons (Fsp3) is 0.308. The van der Waals surface area contributed by atoms with Gasteiger partial charge in [0.1, 0.15) is 5.82 Å². The third-order valence-corrected chi connectivity index (χ3v) is 2.89. The van der Waals surface area contributed by atoms with Crippen LogP contribution in [0.2, 0.25) is 5.02 Å². The molecule has 0 bridgehead atoms. The minimum absolute atomic E-state index is 0.0660. The van der Waals surface area contributed by atoms with Crippen LogP contribution >= 0.6 is 11.6 Å². The van der Waals surface area contributed by atoms with Crippen molar-refractivity contribution in [2.24, 2.45) is 5.73 Å². The molecule has 0 saturated heterocycles. The smallest absolute Gasteiger partial charge is 0.146 e. The number of rotatable bonds is 4. The summed E-state index contributed by atoms with van der Waals surface area (Å²) in [4.78, 5) is 4.23. The summed E-state index contributed by atoms with van der Waals surface area (Å²) in [6.07, 6.45) is 4.27. The van der Waals surface area contributed by atoms with E-state index in [1.54, 1.807) is 18.5 Å². The van der Waals surface area contributed by atoms with Gasteiger partial charge < -0.3 is 10.3 Å². The topological polar surface area (TPSA) is 43.8 Å². The molecule has 0 aliphatic rings. The number of hydrogen-bond donors (Lipinski definition) is 1. The zero-order valence-electron chi connectivity index (χ0n) is 10.1. The van der Waals surface area contributed by atoms with Gasteiger partial charge in [-0.2, -0.15) is 0 Å². The third-order valence-electron chi connectivity index (χ3n) is 2.60. The lowest BCUT2D eigenvalue weighted by Crippen LogP contribution is -2.17. The summed E-state index contributed by atoms with van der Waals surface area (Å²) in [7, 11) is 0. The van der Waals surface area contributed by atoms with Crippen LogP contribution in [-0.4, -0.2) is 15.6 Å². The van der Waals surface area contributed by atoms with Crippen LogP contribution in [0.4, 0.5) is 4.39 Å². The number of aromatic nitrogens is 2. The first-order valence-corrected chi connectivity index (χ1v) is 6.13. The van der Waals surface area contributed by atoms with Gasteiger partial charge in [-0.05, 0) is 13.0 Å². The predicted molar refractivity (Wildman–Crippen MR) is 70.1 cm³/mol. The molecule has 1 aromatic heterocycles. The van der Waals surface area contributed by atoms with E-state index in [0.29, 0.717) is 18.5 Å². The van der Waals surface area contributed by atoms with Crippen molar-refractivity contribution in [1.82, 2.24) is 9.55 Å². The van der Waals surface area contributed by atoms with Crippen LogP contribution in [0.1, 0.15) is 18.2 Å². The molecule has 0 unspecified atom stereocenters. The van der Waals surface area contributed by atoms with Crippen LogP contribution in [0.15, 0.2) is 30.7 Å². The lowest BCUT2D eigenvalue weighted by atomic mass is 10.2. The molecule has 96 valence electrons. The van der Waals surface area contributed by atoms with E-state index in [1.165, 1.54) is 6.07 Å². The highest BCUT2D eigenvalue weighted by molar-refractivity contribution is 6.30. The summed E-state index contributed by atoms with van der Waals surface area (Å²) in [6.45, 7) is 2.34. The van der Waals surface area contributed by atoms with Crippen molar-refractivity contribution in [3.63, 3.8) is 0 Å². The molecule has 18 heavy (non-hydrogen) atoms. The molecule has 1 atom stereocenters. The summed E-state index contributed by atoms with van der Waals surface area (Å²) in [5, 5.41) is 0.142. The maximum atomic E-state index is 13.7. The van der Waals surface area contributed by atoms with Crippen molar-refractivity contribution < 1.29 is 4.39 Å². The van der Waals surface area contributed by atoms with Gasteiger partial charge in [-0.3, -0.25) is 0 Å². The second-order valence-corrected chi connectivity index (χ2v) is 4.84. The molecule has 0 spiro atoms. The highest BCUT2D eigenvalue weighted by atomic mass is 35.5. The summed E-state index contributed by atoms with van der Waals surface area (Å²) in [5.41, 5.74) is 7.16. The van der Waals surface area contributed by atoms with E-state index in [0.717, 1.165) is 5.69 Å². The Hall–Kier alpha value is -1.39. The Morgan fingerprint density at radius 1 is 1.50 bits per heavy atom. The average molecular weight is 268 g/mol. The van der Waals surface area contributed by atoms with E-state index in [-0.39, 0.29) is 16.9 Å². The normalized spacial score (nSPS) is 12.7. The maximum Gasteiger partial charge on any atom is 0.146 e. The van der Waals surface area contributed by atoms with Crippen LogP contribution in [0.5, 0.6) is 0 Å². The van der Waals surface area contributed by atoms with Gasteiger partial charge in [0.05, 0.1) is 23.6 Å². The van der Waals surface area contributed by atoms with Crippen LogP contribution < -0.4 is 5.73 Å². The predicted octanol–water partition coefficient (Wildman–Crippen LogP) is 2.61. The molecule has 0 amide bonds. The van der Waals surface area contributed by atoms with Crippen molar-refractivity contribution in [3.05, 3.63) is 52.8 Å². The monoisotopic (exact) mass is 267 g/mol. The summed E-state index contributed by atoms with van der Waals surface area (Å²) in [6, 6.07) is 5.05. The number of imidazole rings is 1. The van der Waals surface area contributed by atoms with Gasteiger partial charge in [-0.25, -0.2) is 9.37 Å². The first kappa shape index (κ1) is 13.1. The zero-order chi connectivity index (χ0) is 13.1. The molecule has 0 fully saturated rings. The fourth-order valence-corrected chi connectivity index (χ4v) is 1.99. The number of halogens is 2. The molecular weight excluding hydrogens is 253 g/mol. The van der Waals surface area contributed by atoms with Crippen molar-refractivity contribution in [2.75, 3.05) is 0 Å². The SMILES string of the molecule is C[C@@H](N)Cc1cn(Cc2cccc(Cl)c2F)cn1. The van der Waals surface area contributed by atoms with Gasteiger partial charge >= 0.3 is 0 Å². The second-order valence-electron chi connectivity index (χ2n) is 4.43. The molecule has 3 nitrogen and oxygen atoms in total. The van der Waals surface area contributed by atoms with Gasteiger partial charge in [0.25, 0.3) is 0 Å². The number of nitrogens with two attached hydrogens (primary N) is 1. The Morgan fingerprint density at radius 3 is 3.00 bits per heavy atom. The summed E-state index contributed by atoms with van der Waals surface area (Å²) < 4.78 is 15.5. The van der Waals surface area contributed by atoms with Crippen molar-refractivity contribution in [2.45, 2.75) is 25.9 Å². The number of hydrogen-bond acceptors (Lipinski definition) is 2. The van der Waals surface area contributed by atoms with Gasteiger partial charge in [0, 0.05) is 24.2 Å². The summed E-state index contributed by atoms with van der Waals surface area (Å²) in [5.74, 6) is -0.374. The quantitative estimate of drug-likeness (QED) is 0.925. The van der Waals surface area contributed by atoms with E-state index >= 15 is 0 Å². The Balaban J connectivity index is 2.14. The third kappa shape index (κ3) is 3.09. The molecule has 2 rings (SSSR count). The van der Waals surface area contributed by atoms with Gasteiger partial charge in [-0.1, -0.05) is 23.7 Å². The van der Waals surface area contributed by atoms with Crippen molar-refractivity contribution in [3.8, 4) is 0 Å². The molecule has 0 aliphatic heterocycles. The lowest BCUT2D eigenvalue weighted by Gasteiger charge is -2.05. The zero-order valence-corrected chi connectivity index (χ0v) is 10.9. The van der Waals surface area contributed by atoms with Crippen molar-refractivity contribution >= 4 is 11.6 Å². The Labute approximate surface area is 110 Å². The largest absolute Gasteiger partial charge is 0.333 e. The average Bonchev–Trinajstić information content (AvgIpc) is 2.71. The number of nitrogens with zero attached hydrogens (tertiary/aromatic N) is 2. The van der Waals surface area contributed by atoms with Gasteiger partial charge in [0.2, 0.25) is 0 Å². The van der Waals surface area contributed by atoms with Crippen LogP contribution in [0, 0.1) is 5.82 Å².